The molecule has 0 aromatic rings. The number of likely N-dealkylation sites (N-methyl/N-ethyl adjacent to an activating group) is 1. The molecule has 1 atom stereocenters. The number of aliphatic hydroxyl groups is 1. The van der Waals surface area contributed by atoms with Crippen LogP contribution in [-0.2, 0) is 10.0 Å². The second-order valence-corrected chi connectivity index (χ2v) is 6.60. The van der Waals surface area contributed by atoms with Crippen LogP contribution in [0.25, 0.3) is 0 Å². The Bertz CT molecular complexity index is 305. The first-order valence-electron chi connectivity index (χ1n) is 5.68. The van der Waals surface area contributed by atoms with Crippen LogP contribution in [0.5, 0.6) is 0 Å². The first-order chi connectivity index (χ1) is 7.43. The molecule has 0 radical (unpaired) electrons. The Balaban J connectivity index is 2.45. The number of hydrogen-bond acceptors (Lipinski definition) is 4. The highest BCUT2D eigenvalue weighted by molar-refractivity contribution is 7.88. The van der Waals surface area contributed by atoms with E-state index in [2.05, 4.69) is 4.90 Å². The maximum Gasteiger partial charge on any atom is 0.211 e. The van der Waals surface area contributed by atoms with Crippen molar-refractivity contribution < 1.29 is 13.5 Å². The van der Waals surface area contributed by atoms with Crippen LogP contribution in [-0.4, -0.2) is 68.8 Å². The summed E-state index contributed by atoms with van der Waals surface area (Å²) in [5, 5.41) is 8.80. The molecule has 1 saturated heterocycles. The number of rotatable bonds is 5. The Hall–Kier alpha value is -0.170. The van der Waals surface area contributed by atoms with Gasteiger partial charge in [-0.25, -0.2) is 12.7 Å². The molecule has 0 aromatic heterocycles. The van der Waals surface area contributed by atoms with Crippen LogP contribution < -0.4 is 0 Å². The van der Waals surface area contributed by atoms with E-state index in [0.29, 0.717) is 25.6 Å². The first-order valence-corrected chi connectivity index (χ1v) is 7.53. The van der Waals surface area contributed by atoms with Crippen LogP contribution in [0.4, 0.5) is 0 Å². The number of hydrogen-bond donors (Lipinski definition) is 1. The SMILES string of the molecule is CN(CCO)CC1CCCN(S(C)(=O)=O)C1. The van der Waals surface area contributed by atoms with Gasteiger partial charge in [0.25, 0.3) is 0 Å². The molecule has 1 fully saturated rings. The molecule has 0 spiro atoms. The quantitative estimate of drug-likeness (QED) is 0.720. The van der Waals surface area contributed by atoms with Gasteiger partial charge in [-0.2, -0.15) is 0 Å². The number of piperidine rings is 1. The van der Waals surface area contributed by atoms with Crippen LogP contribution >= 0.6 is 0 Å². The molecule has 0 aromatic carbocycles. The van der Waals surface area contributed by atoms with E-state index in [1.807, 2.05) is 7.05 Å². The second-order valence-electron chi connectivity index (χ2n) is 4.62. The van der Waals surface area contributed by atoms with Crippen molar-refractivity contribution in [1.29, 1.82) is 0 Å². The minimum atomic E-state index is -3.04. The molecule has 16 heavy (non-hydrogen) atoms. The third-order valence-corrected chi connectivity index (χ3v) is 4.27. The fourth-order valence-electron chi connectivity index (χ4n) is 2.18. The highest BCUT2D eigenvalue weighted by Gasteiger charge is 2.26. The van der Waals surface area contributed by atoms with Gasteiger partial charge >= 0.3 is 0 Å². The Morgan fingerprint density at radius 1 is 1.50 bits per heavy atom. The van der Waals surface area contributed by atoms with Crippen LogP contribution in [0, 0.1) is 5.92 Å². The molecular weight excluding hydrogens is 228 g/mol. The highest BCUT2D eigenvalue weighted by Crippen LogP contribution is 2.19. The molecule has 0 saturated carbocycles. The minimum absolute atomic E-state index is 0.152. The molecule has 1 rings (SSSR count). The Morgan fingerprint density at radius 3 is 2.75 bits per heavy atom. The Morgan fingerprint density at radius 2 is 2.19 bits per heavy atom. The van der Waals surface area contributed by atoms with E-state index < -0.39 is 10.0 Å². The van der Waals surface area contributed by atoms with Crippen LogP contribution in [0.15, 0.2) is 0 Å². The predicted molar refractivity (Wildman–Crippen MR) is 63.7 cm³/mol. The average molecular weight is 250 g/mol. The van der Waals surface area contributed by atoms with Gasteiger partial charge in [0.05, 0.1) is 12.9 Å². The Kier molecular flexibility index (Phi) is 5.17. The summed E-state index contributed by atoms with van der Waals surface area (Å²) in [5.74, 6) is 0.389. The minimum Gasteiger partial charge on any atom is -0.395 e. The zero-order chi connectivity index (χ0) is 12.2. The molecule has 1 aliphatic rings. The van der Waals surface area contributed by atoms with Crippen LogP contribution in [0.3, 0.4) is 0 Å². The van der Waals surface area contributed by atoms with E-state index in [1.165, 1.54) is 6.26 Å². The van der Waals surface area contributed by atoms with Crippen LogP contribution in [0.1, 0.15) is 12.8 Å². The molecule has 1 aliphatic heterocycles. The molecule has 0 amide bonds. The van der Waals surface area contributed by atoms with Crippen molar-refractivity contribution in [3.63, 3.8) is 0 Å². The van der Waals surface area contributed by atoms with Crippen molar-refractivity contribution in [3.05, 3.63) is 0 Å². The van der Waals surface area contributed by atoms with Crippen LogP contribution in [0.2, 0.25) is 0 Å². The van der Waals surface area contributed by atoms with E-state index in [9.17, 15) is 8.42 Å². The lowest BCUT2D eigenvalue weighted by Crippen LogP contribution is -2.43. The van der Waals surface area contributed by atoms with Gasteiger partial charge in [-0.05, 0) is 25.8 Å². The topological polar surface area (TPSA) is 60.9 Å². The fraction of sp³-hybridized carbons (Fsp3) is 1.00. The fourth-order valence-corrected chi connectivity index (χ4v) is 3.12. The molecule has 1 heterocycles. The largest absolute Gasteiger partial charge is 0.395 e. The average Bonchev–Trinajstić information content (AvgIpc) is 2.17. The normalized spacial score (nSPS) is 23.9. The lowest BCUT2D eigenvalue weighted by Gasteiger charge is -2.33. The molecule has 5 nitrogen and oxygen atoms in total. The monoisotopic (exact) mass is 250 g/mol. The molecule has 0 bridgehead atoms. The molecule has 1 unspecified atom stereocenters. The van der Waals surface area contributed by atoms with Crippen molar-refractivity contribution in [2.75, 3.05) is 46.1 Å². The van der Waals surface area contributed by atoms with E-state index in [4.69, 9.17) is 5.11 Å². The summed E-state index contributed by atoms with van der Waals surface area (Å²) in [5.41, 5.74) is 0. The third kappa shape index (κ3) is 4.37. The number of aliphatic hydroxyl groups excluding tert-OH is 1. The van der Waals surface area contributed by atoms with E-state index in [1.54, 1.807) is 4.31 Å². The van der Waals surface area contributed by atoms with E-state index >= 15 is 0 Å². The second kappa shape index (κ2) is 5.95. The van der Waals surface area contributed by atoms with Gasteiger partial charge < -0.3 is 10.0 Å². The summed E-state index contributed by atoms with van der Waals surface area (Å²) >= 11 is 0. The first kappa shape index (κ1) is 13.9. The van der Waals surface area contributed by atoms with Crippen molar-refractivity contribution in [2.24, 2.45) is 5.92 Å². The van der Waals surface area contributed by atoms with Gasteiger partial charge in [-0.3, -0.25) is 0 Å². The lowest BCUT2D eigenvalue weighted by molar-refractivity contribution is 0.171. The molecular formula is C10H22N2O3S. The zero-order valence-corrected chi connectivity index (χ0v) is 10.9. The van der Waals surface area contributed by atoms with Gasteiger partial charge in [-0.15, -0.1) is 0 Å². The van der Waals surface area contributed by atoms with Gasteiger partial charge in [0.2, 0.25) is 10.0 Å². The molecule has 96 valence electrons. The van der Waals surface area contributed by atoms with E-state index in [-0.39, 0.29) is 6.61 Å². The summed E-state index contributed by atoms with van der Waals surface area (Å²) < 4.78 is 24.4. The number of nitrogens with zero attached hydrogens (tertiary/aromatic N) is 2. The molecule has 1 N–H and O–H groups in total. The molecule has 0 aliphatic carbocycles. The van der Waals surface area contributed by atoms with Crippen molar-refractivity contribution >= 4 is 10.0 Å². The predicted octanol–water partition coefficient (Wildman–Crippen LogP) is -0.418. The number of sulfonamides is 1. The third-order valence-electron chi connectivity index (χ3n) is 3.00. The Labute approximate surface area is 98.1 Å². The summed E-state index contributed by atoms with van der Waals surface area (Å²) in [4.78, 5) is 2.05. The summed E-state index contributed by atoms with van der Waals surface area (Å²) in [7, 11) is -1.09. The van der Waals surface area contributed by atoms with Gasteiger partial charge in [-0.1, -0.05) is 0 Å². The van der Waals surface area contributed by atoms with Crippen molar-refractivity contribution in [3.8, 4) is 0 Å². The van der Waals surface area contributed by atoms with Crippen molar-refractivity contribution in [2.45, 2.75) is 12.8 Å². The lowest BCUT2D eigenvalue weighted by atomic mass is 9.99. The summed E-state index contributed by atoms with van der Waals surface area (Å²) in [6, 6.07) is 0. The van der Waals surface area contributed by atoms with Gasteiger partial charge in [0.1, 0.15) is 0 Å². The maximum absolute atomic E-state index is 11.4. The molecule has 6 heteroatoms. The summed E-state index contributed by atoms with van der Waals surface area (Å²) in [6.07, 6.45) is 3.28. The van der Waals surface area contributed by atoms with Gasteiger partial charge in [0.15, 0.2) is 0 Å². The van der Waals surface area contributed by atoms with Gasteiger partial charge in [0, 0.05) is 26.2 Å². The standard InChI is InChI=1S/C10H22N2O3S/c1-11(6-7-13)8-10-4-3-5-12(9-10)16(2,14)15/h10,13H,3-9H2,1-2H3. The smallest absolute Gasteiger partial charge is 0.211 e. The highest BCUT2D eigenvalue weighted by atomic mass is 32.2. The maximum atomic E-state index is 11.4. The van der Waals surface area contributed by atoms with E-state index in [0.717, 1.165) is 19.4 Å². The zero-order valence-electron chi connectivity index (χ0n) is 10.1. The van der Waals surface area contributed by atoms with Crippen molar-refractivity contribution in [1.82, 2.24) is 9.21 Å². The summed E-state index contributed by atoms with van der Waals surface area (Å²) in [6.45, 7) is 2.93.